The third kappa shape index (κ3) is 6.78. The summed E-state index contributed by atoms with van der Waals surface area (Å²) in [6.07, 6.45) is -0.127. The van der Waals surface area contributed by atoms with Crippen LogP contribution in [0.3, 0.4) is 0 Å². The molecule has 0 aliphatic rings. The van der Waals surface area contributed by atoms with Gasteiger partial charge in [-0.15, -0.1) is 0 Å². The van der Waals surface area contributed by atoms with E-state index >= 15 is 0 Å². The number of hydrogen-bond donors (Lipinski definition) is 4. The van der Waals surface area contributed by atoms with Crippen LogP contribution in [-0.4, -0.2) is 41.1 Å². The van der Waals surface area contributed by atoms with Crippen molar-refractivity contribution in [2.45, 2.75) is 31.3 Å². The highest BCUT2D eigenvalue weighted by Crippen LogP contribution is 2.37. The number of nitrogens with one attached hydrogen (secondary N) is 2. The highest BCUT2D eigenvalue weighted by Gasteiger charge is 2.39. The number of phenols is 2. The maximum absolute atomic E-state index is 13.8. The molecule has 0 unspecified atom stereocenters. The normalized spacial score (nSPS) is 12.5. The Morgan fingerprint density at radius 3 is 1.71 bits per heavy atom. The van der Waals surface area contributed by atoms with Crippen LogP contribution in [0, 0.1) is 5.92 Å². The first-order valence-corrected chi connectivity index (χ1v) is 13.6. The number of amides is 2. The molecule has 4 rings (SSSR count). The second kappa shape index (κ2) is 13.5. The van der Waals surface area contributed by atoms with Crippen LogP contribution < -0.4 is 10.6 Å². The number of carbonyl (C=O) groups is 3. The Balaban J connectivity index is 1.61. The van der Waals surface area contributed by atoms with Gasteiger partial charge in [0.15, 0.2) is 11.5 Å². The van der Waals surface area contributed by atoms with Gasteiger partial charge in [0.2, 0.25) is 11.8 Å². The molecule has 4 N–H and O–H groups in total. The van der Waals surface area contributed by atoms with Crippen molar-refractivity contribution >= 4 is 17.8 Å². The summed E-state index contributed by atoms with van der Waals surface area (Å²) < 4.78 is 4.93. The zero-order valence-corrected chi connectivity index (χ0v) is 23.5. The van der Waals surface area contributed by atoms with Gasteiger partial charge < -0.3 is 25.6 Å². The molecule has 0 aliphatic carbocycles. The molecule has 0 saturated heterocycles. The topological polar surface area (TPSA) is 125 Å². The monoisotopic (exact) mass is 566 g/mol. The third-order valence-corrected chi connectivity index (χ3v) is 7.17. The van der Waals surface area contributed by atoms with Gasteiger partial charge in [0.1, 0.15) is 11.6 Å². The molecular formula is C34H34N2O6. The first-order valence-electron chi connectivity index (χ1n) is 13.6. The van der Waals surface area contributed by atoms with E-state index in [9.17, 15) is 24.6 Å². The van der Waals surface area contributed by atoms with E-state index in [2.05, 4.69) is 10.6 Å². The number of methoxy groups -OCH3 is 1. The molecule has 8 heteroatoms. The predicted octanol–water partition coefficient (Wildman–Crippen LogP) is 4.43. The smallest absolute Gasteiger partial charge is 0.328 e. The number of esters is 1. The molecule has 0 radical (unpaired) electrons. The molecule has 0 aliphatic heterocycles. The van der Waals surface area contributed by atoms with Crippen LogP contribution >= 0.6 is 0 Å². The molecule has 216 valence electrons. The molecule has 0 bridgehead atoms. The van der Waals surface area contributed by atoms with Crippen molar-refractivity contribution in [2.75, 3.05) is 7.11 Å². The van der Waals surface area contributed by atoms with Gasteiger partial charge in [0, 0.05) is 5.92 Å². The summed E-state index contributed by atoms with van der Waals surface area (Å²) in [6, 6.07) is 31.8. The minimum absolute atomic E-state index is 0.235. The number of phenolic OH excluding ortho intramolecular Hbond substituents is 2. The third-order valence-electron chi connectivity index (χ3n) is 7.17. The van der Waals surface area contributed by atoms with Crippen molar-refractivity contribution in [1.29, 1.82) is 0 Å². The number of ether oxygens (including phenoxy) is 1. The maximum atomic E-state index is 13.8. The molecule has 2 atom stereocenters. The lowest BCUT2D eigenvalue weighted by Gasteiger charge is -2.37. The Kier molecular flexibility index (Phi) is 9.60. The van der Waals surface area contributed by atoms with E-state index in [1.807, 2.05) is 91.0 Å². The van der Waals surface area contributed by atoms with Gasteiger partial charge in [-0.1, -0.05) is 104 Å². The van der Waals surface area contributed by atoms with Crippen molar-refractivity contribution in [2.24, 2.45) is 5.92 Å². The van der Waals surface area contributed by atoms with Crippen LogP contribution in [0.4, 0.5) is 0 Å². The lowest BCUT2D eigenvalue weighted by atomic mass is 9.77. The van der Waals surface area contributed by atoms with E-state index in [0.29, 0.717) is 5.56 Å². The number of carbonyl (C=O) groups excluding carboxylic acids is 3. The van der Waals surface area contributed by atoms with Gasteiger partial charge >= 0.3 is 5.97 Å². The van der Waals surface area contributed by atoms with E-state index in [1.165, 1.54) is 19.2 Å². The molecular weight excluding hydrogens is 532 g/mol. The molecule has 4 aromatic carbocycles. The standard InChI is InChI=1S/C34H34N2O6/c1-23(20-24-18-19-29(37)30(38)21-24)32(40)35-28(33(41)42-2)22-31(39)36-34(25-12-6-3-7-13-25,26-14-8-4-9-15-26)27-16-10-5-11-17-27/h3-19,21,23,28,37-38H,20,22H2,1-2H3,(H,35,40)(H,36,39)/t23-,28-/m0/s1. The molecule has 0 heterocycles. The lowest BCUT2D eigenvalue weighted by molar-refractivity contribution is -0.147. The van der Waals surface area contributed by atoms with Crippen molar-refractivity contribution in [3.63, 3.8) is 0 Å². The second-order valence-electron chi connectivity index (χ2n) is 10.1. The number of benzene rings is 4. The summed E-state index contributed by atoms with van der Waals surface area (Å²) in [6.45, 7) is 1.67. The molecule has 4 aromatic rings. The molecule has 0 saturated carbocycles. The maximum Gasteiger partial charge on any atom is 0.328 e. The summed E-state index contributed by atoms with van der Waals surface area (Å²) >= 11 is 0. The summed E-state index contributed by atoms with van der Waals surface area (Å²) in [5.41, 5.74) is 2.00. The van der Waals surface area contributed by atoms with Crippen molar-refractivity contribution in [1.82, 2.24) is 10.6 Å². The Morgan fingerprint density at radius 2 is 1.26 bits per heavy atom. The number of rotatable bonds is 11. The van der Waals surface area contributed by atoms with Crippen LogP contribution in [0.2, 0.25) is 0 Å². The first kappa shape index (κ1) is 29.9. The molecule has 0 spiro atoms. The lowest BCUT2D eigenvalue weighted by Crippen LogP contribution is -2.51. The predicted molar refractivity (Wildman–Crippen MR) is 159 cm³/mol. The van der Waals surface area contributed by atoms with Crippen LogP contribution in [0.25, 0.3) is 0 Å². The fourth-order valence-corrected chi connectivity index (χ4v) is 5.02. The zero-order chi connectivity index (χ0) is 30.1. The highest BCUT2D eigenvalue weighted by molar-refractivity contribution is 5.90. The summed E-state index contributed by atoms with van der Waals surface area (Å²) in [5, 5.41) is 25.2. The average molecular weight is 567 g/mol. The van der Waals surface area contributed by atoms with Gasteiger partial charge in [-0.3, -0.25) is 9.59 Å². The average Bonchev–Trinajstić information content (AvgIpc) is 3.02. The van der Waals surface area contributed by atoms with Crippen molar-refractivity contribution in [3.05, 3.63) is 131 Å². The summed E-state index contributed by atoms with van der Waals surface area (Å²) in [4.78, 5) is 39.6. The summed E-state index contributed by atoms with van der Waals surface area (Å²) in [7, 11) is 1.20. The van der Waals surface area contributed by atoms with Crippen LogP contribution in [0.15, 0.2) is 109 Å². The van der Waals surface area contributed by atoms with Crippen molar-refractivity contribution in [3.8, 4) is 11.5 Å². The van der Waals surface area contributed by atoms with E-state index in [-0.39, 0.29) is 24.3 Å². The van der Waals surface area contributed by atoms with E-state index in [4.69, 9.17) is 4.74 Å². The zero-order valence-electron chi connectivity index (χ0n) is 23.5. The largest absolute Gasteiger partial charge is 0.504 e. The second-order valence-corrected chi connectivity index (χ2v) is 10.1. The van der Waals surface area contributed by atoms with Gasteiger partial charge in [0.05, 0.1) is 13.5 Å². The molecule has 0 aromatic heterocycles. The van der Waals surface area contributed by atoms with Gasteiger partial charge in [-0.25, -0.2) is 4.79 Å². The fourth-order valence-electron chi connectivity index (χ4n) is 5.02. The molecule has 42 heavy (non-hydrogen) atoms. The van der Waals surface area contributed by atoms with Crippen LogP contribution in [-0.2, 0) is 31.1 Å². The molecule has 0 fully saturated rings. The van der Waals surface area contributed by atoms with Gasteiger partial charge in [-0.2, -0.15) is 0 Å². The Bertz CT molecular complexity index is 1410. The first-order chi connectivity index (χ1) is 20.2. The van der Waals surface area contributed by atoms with E-state index < -0.39 is 35.3 Å². The summed E-state index contributed by atoms with van der Waals surface area (Å²) in [5.74, 6) is -2.85. The number of hydrogen-bond acceptors (Lipinski definition) is 6. The fraction of sp³-hybridized carbons (Fsp3) is 0.206. The van der Waals surface area contributed by atoms with Crippen LogP contribution in [0.5, 0.6) is 11.5 Å². The molecule has 8 nitrogen and oxygen atoms in total. The van der Waals surface area contributed by atoms with Crippen molar-refractivity contribution < 1.29 is 29.3 Å². The highest BCUT2D eigenvalue weighted by atomic mass is 16.5. The van der Waals surface area contributed by atoms with Crippen LogP contribution in [0.1, 0.15) is 35.6 Å². The van der Waals surface area contributed by atoms with E-state index in [1.54, 1.807) is 13.0 Å². The Morgan fingerprint density at radius 1 is 0.762 bits per heavy atom. The Hall–Kier alpha value is -5.11. The molecule has 2 amide bonds. The van der Waals surface area contributed by atoms with E-state index in [0.717, 1.165) is 16.7 Å². The minimum atomic E-state index is -1.24. The minimum Gasteiger partial charge on any atom is -0.504 e. The quantitative estimate of drug-likeness (QED) is 0.121. The SMILES string of the molecule is COC(=O)[C@H](CC(=O)NC(c1ccccc1)(c1ccccc1)c1ccccc1)NC(=O)[C@@H](C)Cc1ccc(O)c(O)c1. The van der Waals surface area contributed by atoms with Gasteiger partial charge in [0.25, 0.3) is 0 Å². The van der Waals surface area contributed by atoms with Gasteiger partial charge in [-0.05, 0) is 40.8 Å². The number of aromatic hydroxyl groups is 2. The Labute approximate surface area is 245 Å².